The number of hydrogen-bond acceptors (Lipinski definition) is 3. The number of hydrogen-bond donors (Lipinski definition) is 1. The molecule has 0 saturated heterocycles. The van der Waals surface area contributed by atoms with Gasteiger partial charge in [0.2, 0.25) is 0 Å². The summed E-state index contributed by atoms with van der Waals surface area (Å²) in [4.78, 5) is 4.56. The van der Waals surface area contributed by atoms with Crippen LogP contribution in [-0.2, 0) is 7.05 Å². The Balaban J connectivity index is 2.10. The molecule has 2 N–H and O–H groups in total. The second-order valence-corrected chi connectivity index (χ2v) is 4.86. The second-order valence-electron chi connectivity index (χ2n) is 4.42. The van der Waals surface area contributed by atoms with Crippen molar-refractivity contribution in [1.29, 1.82) is 0 Å². The van der Waals surface area contributed by atoms with Crippen molar-refractivity contribution in [3.05, 3.63) is 29.0 Å². The summed E-state index contributed by atoms with van der Waals surface area (Å²) in [6.45, 7) is 0. The van der Waals surface area contributed by atoms with E-state index in [4.69, 9.17) is 17.3 Å². The maximum Gasteiger partial charge on any atom is 0.160 e. The van der Waals surface area contributed by atoms with E-state index in [0.717, 1.165) is 17.2 Å². The van der Waals surface area contributed by atoms with E-state index in [1.165, 1.54) is 12.8 Å². The van der Waals surface area contributed by atoms with E-state index in [2.05, 4.69) is 10.1 Å². The van der Waals surface area contributed by atoms with Gasteiger partial charge < -0.3 is 5.73 Å². The zero-order valence-electron chi connectivity index (χ0n) is 9.52. The van der Waals surface area contributed by atoms with Gasteiger partial charge in [-0.3, -0.25) is 0 Å². The van der Waals surface area contributed by atoms with Gasteiger partial charge in [-0.15, -0.1) is 0 Å². The van der Waals surface area contributed by atoms with E-state index in [1.54, 1.807) is 16.8 Å². The molecule has 88 valence electrons. The molecule has 0 aliphatic heterocycles. The molecule has 1 aliphatic rings. The van der Waals surface area contributed by atoms with Crippen LogP contribution in [0, 0.1) is 0 Å². The molecule has 0 radical (unpaired) electrons. The molecule has 0 atom stereocenters. The highest BCUT2D eigenvalue weighted by molar-refractivity contribution is 6.31. The van der Waals surface area contributed by atoms with Crippen molar-refractivity contribution in [3.8, 4) is 11.4 Å². The highest BCUT2D eigenvalue weighted by atomic mass is 35.5. The normalized spacial score (nSPS) is 15.2. The van der Waals surface area contributed by atoms with Crippen LogP contribution in [0.15, 0.2) is 18.2 Å². The molecule has 0 amide bonds. The van der Waals surface area contributed by atoms with Crippen molar-refractivity contribution < 1.29 is 0 Å². The Labute approximate surface area is 104 Å². The van der Waals surface area contributed by atoms with E-state index >= 15 is 0 Å². The van der Waals surface area contributed by atoms with Gasteiger partial charge in [0, 0.05) is 29.2 Å². The first-order valence-electron chi connectivity index (χ1n) is 5.61. The van der Waals surface area contributed by atoms with Gasteiger partial charge in [0.15, 0.2) is 11.6 Å². The van der Waals surface area contributed by atoms with E-state index in [0.29, 0.717) is 16.6 Å². The van der Waals surface area contributed by atoms with Gasteiger partial charge in [0.05, 0.1) is 0 Å². The fourth-order valence-corrected chi connectivity index (χ4v) is 2.05. The topological polar surface area (TPSA) is 56.7 Å². The lowest BCUT2D eigenvalue weighted by molar-refractivity contribution is 0.750. The Morgan fingerprint density at radius 2 is 2.18 bits per heavy atom. The minimum absolute atomic E-state index is 0.537. The Morgan fingerprint density at radius 1 is 1.41 bits per heavy atom. The van der Waals surface area contributed by atoms with Crippen LogP contribution in [0.25, 0.3) is 11.4 Å². The van der Waals surface area contributed by atoms with Crippen molar-refractivity contribution in [2.45, 2.75) is 18.8 Å². The summed E-state index contributed by atoms with van der Waals surface area (Å²) in [5.74, 6) is 2.24. The van der Waals surface area contributed by atoms with Crippen molar-refractivity contribution in [1.82, 2.24) is 14.8 Å². The third-order valence-corrected chi connectivity index (χ3v) is 3.21. The minimum Gasteiger partial charge on any atom is -0.398 e. The maximum atomic E-state index is 5.99. The minimum atomic E-state index is 0.537. The zero-order valence-corrected chi connectivity index (χ0v) is 10.3. The Hall–Kier alpha value is -1.55. The largest absolute Gasteiger partial charge is 0.398 e. The number of benzene rings is 1. The van der Waals surface area contributed by atoms with Crippen LogP contribution in [0.2, 0.25) is 5.02 Å². The smallest absolute Gasteiger partial charge is 0.160 e. The van der Waals surface area contributed by atoms with E-state index < -0.39 is 0 Å². The molecular weight excluding hydrogens is 236 g/mol. The first kappa shape index (κ1) is 10.6. The average molecular weight is 249 g/mol. The van der Waals surface area contributed by atoms with E-state index in [9.17, 15) is 0 Å². The van der Waals surface area contributed by atoms with Crippen LogP contribution in [0.4, 0.5) is 5.69 Å². The molecule has 1 saturated carbocycles. The number of rotatable bonds is 2. The van der Waals surface area contributed by atoms with Crippen molar-refractivity contribution in [3.63, 3.8) is 0 Å². The highest BCUT2D eigenvalue weighted by Gasteiger charge is 2.29. The van der Waals surface area contributed by atoms with Gasteiger partial charge in [-0.25, -0.2) is 9.67 Å². The van der Waals surface area contributed by atoms with Gasteiger partial charge in [-0.05, 0) is 31.0 Å². The van der Waals surface area contributed by atoms with Crippen molar-refractivity contribution in [2.75, 3.05) is 5.73 Å². The Kier molecular flexibility index (Phi) is 2.33. The predicted octanol–water partition coefficient (Wildman–Crippen LogP) is 2.60. The fourth-order valence-electron chi connectivity index (χ4n) is 1.88. The average Bonchev–Trinajstić information content (AvgIpc) is 3.07. The third kappa shape index (κ3) is 1.89. The number of aryl methyl sites for hydroxylation is 1. The number of aromatic nitrogens is 3. The summed E-state index contributed by atoms with van der Waals surface area (Å²) in [6, 6.07) is 5.40. The van der Waals surface area contributed by atoms with Gasteiger partial charge in [0.25, 0.3) is 0 Å². The van der Waals surface area contributed by atoms with Gasteiger partial charge in [-0.2, -0.15) is 5.10 Å². The molecule has 4 nitrogen and oxygen atoms in total. The molecule has 5 heteroatoms. The Bertz CT molecular complexity index is 572. The molecular formula is C12H13ClN4. The first-order chi connectivity index (χ1) is 8.15. The molecule has 0 unspecified atom stereocenters. The standard InChI is InChI=1S/C12H13ClN4/c1-17-12(15-11(16-17)7-2-3-7)9-6-8(13)4-5-10(9)14/h4-7H,2-3,14H2,1H3. The van der Waals surface area contributed by atoms with Crippen LogP contribution in [0.5, 0.6) is 0 Å². The van der Waals surface area contributed by atoms with Gasteiger partial charge >= 0.3 is 0 Å². The lowest BCUT2D eigenvalue weighted by Crippen LogP contribution is -1.98. The number of halogens is 1. The fraction of sp³-hybridized carbons (Fsp3) is 0.333. The lowest BCUT2D eigenvalue weighted by atomic mass is 10.1. The second kappa shape index (κ2) is 3.74. The SMILES string of the molecule is Cn1nc(C2CC2)nc1-c1cc(Cl)ccc1N. The molecule has 17 heavy (non-hydrogen) atoms. The molecule has 3 rings (SSSR count). The quantitative estimate of drug-likeness (QED) is 0.831. The number of nitrogens with two attached hydrogens (primary N) is 1. The monoisotopic (exact) mass is 248 g/mol. The number of anilines is 1. The highest BCUT2D eigenvalue weighted by Crippen LogP contribution is 2.39. The maximum absolute atomic E-state index is 5.99. The lowest BCUT2D eigenvalue weighted by Gasteiger charge is -2.04. The van der Waals surface area contributed by atoms with Crippen LogP contribution >= 0.6 is 11.6 Å². The summed E-state index contributed by atoms with van der Waals surface area (Å²) in [5, 5.41) is 5.08. The molecule has 1 aromatic carbocycles. The molecule has 0 spiro atoms. The van der Waals surface area contributed by atoms with Crippen molar-refractivity contribution >= 4 is 17.3 Å². The summed E-state index contributed by atoms with van der Waals surface area (Å²) in [5.41, 5.74) is 7.47. The first-order valence-corrected chi connectivity index (χ1v) is 5.99. The summed E-state index contributed by atoms with van der Waals surface area (Å²) < 4.78 is 1.77. The molecule has 0 bridgehead atoms. The summed E-state index contributed by atoms with van der Waals surface area (Å²) >= 11 is 5.99. The van der Waals surface area contributed by atoms with Crippen LogP contribution < -0.4 is 5.73 Å². The molecule has 1 heterocycles. The summed E-state index contributed by atoms with van der Waals surface area (Å²) in [7, 11) is 1.88. The molecule has 1 fully saturated rings. The Morgan fingerprint density at radius 3 is 2.88 bits per heavy atom. The van der Waals surface area contributed by atoms with Crippen LogP contribution in [0.1, 0.15) is 24.6 Å². The number of nitrogen functional groups attached to an aromatic ring is 1. The van der Waals surface area contributed by atoms with Crippen LogP contribution in [0.3, 0.4) is 0 Å². The third-order valence-electron chi connectivity index (χ3n) is 2.98. The molecule has 2 aromatic rings. The zero-order chi connectivity index (χ0) is 12.0. The molecule has 1 aromatic heterocycles. The van der Waals surface area contributed by atoms with Crippen molar-refractivity contribution in [2.24, 2.45) is 7.05 Å². The van der Waals surface area contributed by atoms with Gasteiger partial charge in [0.1, 0.15) is 0 Å². The van der Waals surface area contributed by atoms with Crippen LogP contribution in [-0.4, -0.2) is 14.8 Å². The predicted molar refractivity (Wildman–Crippen MR) is 67.8 cm³/mol. The van der Waals surface area contributed by atoms with E-state index in [1.807, 2.05) is 13.1 Å². The molecule has 1 aliphatic carbocycles. The number of nitrogens with zero attached hydrogens (tertiary/aromatic N) is 3. The van der Waals surface area contributed by atoms with Gasteiger partial charge in [-0.1, -0.05) is 11.6 Å². The van der Waals surface area contributed by atoms with E-state index in [-0.39, 0.29) is 0 Å². The summed E-state index contributed by atoms with van der Waals surface area (Å²) in [6.07, 6.45) is 2.38.